The third kappa shape index (κ3) is 95.9. The molecule has 0 aliphatic carbocycles. The Morgan fingerprint density at radius 3 is 0.722 bits per heavy atom. The lowest BCUT2D eigenvalue weighted by Gasteiger charge is -2.23. The van der Waals surface area contributed by atoms with Crippen LogP contribution < -0.4 is 63.8 Å². The van der Waals surface area contributed by atoms with Crippen molar-refractivity contribution in [1.29, 1.82) is 0 Å². The molecule has 1 rings (SSSR count). The van der Waals surface area contributed by atoms with Gasteiger partial charge in [0.2, 0.25) is 70.9 Å². The van der Waals surface area contributed by atoms with Gasteiger partial charge in [0.1, 0.15) is 26.4 Å². The lowest BCUT2D eigenvalue weighted by molar-refractivity contribution is -0.384. The summed E-state index contributed by atoms with van der Waals surface area (Å²) in [5, 5.41) is 52.6. The van der Waals surface area contributed by atoms with Crippen molar-refractivity contribution in [2.24, 2.45) is 0 Å². The van der Waals surface area contributed by atoms with Crippen LogP contribution in [0.3, 0.4) is 0 Å². The molecular formula is C94H169Br4N17O26S3. The number of nitro benzene ring substituents is 1. The zero-order valence-corrected chi connectivity index (χ0v) is 92.6. The van der Waals surface area contributed by atoms with Crippen LogP contribution >= 0.6 is 99.9 Å². The summed E-state index contributed by atoms with van der Waals surface area (Å²) >= 11 is 19.2. The quantitative estimate of drug-likeness (QED) is 0.00720. The first-order valence-corrected chi connectivity index (χ1v) is 56.3. The van der Waals surface area contributed by atoms with E-state index in [4.69, 9.17) is 33.5 Å². The van der Waals surface area contributed by atoms with Crippen molar-refractivity contribution in [1.82, 2.24) is 83.4 Å². The molecular weight excluding hydrogens is 2200 g/mol. The number of rotatable bonds is 83. The van der Waals surface area contributed by atoms with Crippen molar-refractivity contribution in [2.75, 3.05) is 234 Å². The second-order valence-electron chi connectivity index (χ2n) is 31.5. The van der Waals surface area contributed by atoms with Crippen molar-refractivity contribution < 1.29 is 120 Å². The number of thiol groups is 1. The van der Waals surface area contributed by atoms with Crippen LogP contribution in [0.25, 0.3) is 0 Å². The fourth-order valence-electron chi connectivity index (χ4n) is 11.9. The van der Waals surface area contributed by atoms with Gasteiger partial charge in [-0.2, -0.15) is 36.2 Å². The van der Waals surface area contributed by atoms with E-state index in [-0.39, 0.29) is 282 Å². The number of halogens is 4. The summed E-state index contributed by atoms with van der Waals surface area (Å²) in [6, 6.07) is 6.43. The normalized spacial score (nSPS) is 10.3. The average Bonchev–Trinajstić information content (AvgIpc) is 0.914. The Bertz CT molecular complexity index is 3380. The smallest absolute Gasteiger partial charge is 0.409 e. The fraction of sp³-hybridized carbons (Fsp3) is 0.755. The number of aryl methyl sites for hydroxylation is 1. The van der Waals surface area contributed by atoms with E-state index in [0.717, 1.165) is 107 Å². The topological polar surface area (TPSA) is 566 Å². The highest BCUT2D eigenvalue weighted by molar-refractivity contribution is 9.10. The summed E-state index contributed by atoms with van der Waals surface area (Å²) in [6.07, 6.45) is 14.4. The number of thioether (sulfide) groups is 2. The molecule has 0 saturated carbocycles. The fourth-order valence-corrected chi connectivity index (χ4v) is 13.9. The average molecular weight is 2370 g/mol. The number of alkyl halides is 4. The first kappa shape index (κ1) is 144. The van der Waals surface area contributed by atoms with Crippen LogP contribution in [0.5, 0.6) is 0 Å². The number of nitrogens with one attached hydrogen (secondary N) is 12. The maximum absolute atomic E-state index is 13.1. The van der Waals surface area contributed by atoms with Gasteiger partial charge in [-0.05, 0) is 108 Å². The molecule has 0 bridgehead atoms. The molecule has 13 N–H and O–H groups in total. The Labute approximate surface area is 900 Å². The summed E-state index contributed by atoms with van der Waals surface area (Å²) in [7, 11) is 0. The minimum atomic E-state index is -0.787. The van der Waals surface area contributed by atoms with Crippen LogP contribution in [0, 0.1) is 17.0 Å². The molecule has 832 valence electrons. The molecule has 16 amide bonds. The molecule has 1 aromatic rings. The van der Waals surface area contributed by atoms with E-state index in [1.165, 1.54) is 26.8 Å². The predicted octanol–water partition coefficient (Wildman–Crippen LogP) is 9.99. The summed E-state index contributed by atoms with van der Waals surface area (Å²) < 4.78 is 32.5. The van der Waals surface area contributed by atoms with Crippen LogP contribution in [-0.2, 0) is 90.8 Å². The lowest BCUT2D eigenvalue weighted by Crippen LogP contribution is -2.43. The summed E-state index contributed by atoms with van der Waals surface area (Å²) in [5.41, 5.74) is 1.18. The molecule has 0 atom stereocenters. The number of nitro groups is 1. The molecule has 1 aromatic carbocycles. The van der Waals surface area contributed by atoms with E-state index in [1.807, 2.05) is 34.6 Å². The van der Waals surface area contributed by atoms with E-state index in [0.29, 0.717) is 121 Å². The number of nitrogens with zero attached hydrogens (tertiary/aromatic N) is 5. The second-order valence-corrected chi connectivity index (χ2v) is 36.7. The van der Waals surface area contributed by atoms with Gasteiger partial charge >= 0.3 is 30.3 Å². The zero-order valence-electron chi connectivity index (χ0n) is 83.7. The molecule has 0 unspecified atom stereocenters. The summed E-state index contributed by atoms with van der Waals surface area (Å²) in [4.78, 5) is 220. The van der Waals surface area contributed by atoms with Gasteiger partial charge in [0, 0.05) is 187 Å². The minimum absolute atomic E-state index is 0. The van der Waals surface area contributed by atoms with Gasteiger partial charge in [0.15, 0.2) is 0 Å². The van der Waals surface area contributed by atoms with Crippen molar-refractivity contribution in [3.8, 4) is 0 Å². The van der Waals surface area contributed by atoms with Gasteiger partial charge in [-0.1, -0.05) is 162 Å². The van der Waals surface area contributed by atoms with Crippen LogP contribution in [0.2, 0.25) is 0 Å². The van der Waals surface area contributed by atoms with Crippen molar-refractivity contribution in [2.45, 2.75) is 223 Å². The standard InChI is InChI=1S/C46H80Br4N10O13.C36H68N6O9S2.C7H7NO2.C3H6O2S.2CH4/c47-33-41(65)51-17-9-1-5-13-37(61)55-21-25-59(26-22-56-38(62)14-6-2-10-18-52-42(66)34-48)45(69)72-31-29-71-30-32-73-46(70)60(27-23-57-39(63)15-7-3-11-19-53-43(67)35-49)28-24-58-40(64)16-8-4-12-20-54-44(68)36-50;1-5-21-41(22-6-2)35(47)50-27-25-49-26-28-51-36(48)42(23-19-39-31(43)15-11-9-13-17-37-33(45)29-52-7-3)24-20-40-32(44)16-12-10-14-18-38-34(46)30-53-8-4;1-6-2-4-7(5-3-6)8(9)10;4-3(5)1-2-6;;/h1-36H2,(H,51,65)(H,52,66)(H,53,67)(H,54,68)(H,55,61)(H,56,62)(H,57,63)(H,58,64);5-30H2,1-4H3,(H,37,45)(H,38,46)(H,39,43)(H,40,44);2-5H,1H3;6H,1-2H2,(H,4,5);2*1H4. The molecule has 0 radical (unpaired) electrons. The Morgan fingerprint density at radius 1 is 0.319 bits per heavy atom. The van der Waals surface area contributed by atoms with Gasteiger partial charge in [-0.3, -0.25) is 72.4 Å². The van der Waals surface area contributed by atoms with Gasteiger partial charge in [-0.15, -0.1) is 0 Å². The molecule has 50 heteroatoms. The number of carboxylic acids is 1. The van der Waals surface area contributed by atoms with Gasteiger partial charge in [0.05, 0.1) is 70.6 Å². The SMILES string of the molecule is C.C.CCCN(CCC)C(=O)OCCOCCOC(=O)N(CCNC(=O)CCCCCNC(=O)CSCC)CCNC(=O)CCCCCNC(=O)CSCC.Cc1ccc([N+](=O)[O-])cc1.O=C(CBr)NCCCCCC(=O)NCCN(CCNC(=O)CCCCCNC(=O)CBr)C(=O)OCCOCCOC(=O)N(CCNC(=O)CCCCCNC(=O)CBr)CCNC(=O)CCCCCNC(=O)CBr.O=C(O)CCS. The van der Waals surface area contributed by atoms with Gasteiger partial charge in [0.25, 0.3) is 5.69 Å². The largest absolute Gasteiger partial charge is 0.481 e. The molecule has 0 saturated heterocycles. The van der Waals surface area contributed by atoms with Crippen LogP contribution in [0.15, 0.2) is 24.3 Å². The maximum atomic E-state index is 13.1. The highest BCUT2D eigenvalue weighted by Gasteiger charge is 2.22. The highest BCUT2D eigenvalue weighted by atomic mass is 79.9. The molecule has 0 aliphatic heterocycles. The van der Waals surface area contributed by atoms with E-state index < -0.39 is 29.2 Å². The number of carbonyl (C=O) groups is 17. The number of amides is 16. The number of hydrogen-bond donors (Lipinski definition) is 14. The zero-order chi connectivity index (χ0) is 106. The van der Waals surface area contributed by atoms with E-state index in [1.54, 1.807) is 40.6 Å². The van der Waals surface area contributed by atoms with E-state index >= 15 is 0 Å². The number of benzene rings is 1. The minimum Gasteiger partial charge on any atom is -0.481 e. The van der Waals surface area contributed by atoms with Crippen LogP contribution in [0.1, 0.15) is 221 Å². The Morgan fingerprint density at radius 2 is 0.535 bits per heavy atom. The molecule has 0 spiro atoms. The lowest BCUT2D eigenvalue weighted by atomic mass is 10.2. The highest BCUT2D eigenvalue weighted by Crippen LogP contribution is 2.12. The molecule has 0 fully saturated rings. The van der Waals surface area contributed by atoms with E-state index in [2.05, 4.69) is 140 Å². The Kier molecular flexibility index (Phi) is 105. The number of unbranched alkanes of at least 4 members (excludes halogenated alkanes) is 12. The third-order valence-corrected chi connectivity index (χ3v) is 23.4. The Balaban J connectivity index is -0.000000786. The molecule has 0 aromatic heterocycles. The van der Waals surface area contributed by atoms with Crippen LogP contribution in [0.4, 0.5) is 24.9 Å². The first-order chi connectivity index (χ1) is 68.4. The summed E-state index contributed by atoms with van der Waals surface area (Å²) in [6.45, 7) is 16.3. The van der Waals surface area contributed by atoms with Crippen molar-refractivity contribution >= 4 is 207 Å². The maximum Gasteiger partial charge on any atom is 0.409 e. The third-order valence-electron chi connectivity index (χ3n) is 19.4. The summed E-state index contributed by atoms with van der Waals surface area (Å²) in [5.74, 6) is 1.02. The monoisotopic (exact) mass is 2360 g/mol. The molecule has 0 aliphatic rings. The number of aliphatic carboxylic acids is 1. The number of carbonyl (C=O) groups excluding carboxylic acids is 16. The number of hydrogen-bond acceptors (Lipinski definition) is 28. The first-order valence-electron chi connectivity index (χ1n) is 48.9. The van der Waals surface area contributed by atoms with E-state index in [9.17, 15) is 91.6 Å². The van der Waals surface area contributed by atoms with Crippen molar-refractivity contribution in [3.63, 3.8) is 0 Å². The van der Waals surface area contributed by atoms with Crippen LogP contribution in [-0.4, -0.2) is 365 Å². The number of non-ortho nitro benzene ring substituents is 1. The number of carboxylic acid groups (broad SMARTS) is 1. The van der Waals surface area contributed by atoms with Gasteiger partial charge in [-0.25, -0.2) is 19.2 Å². The van der Waals surface area contributed by atoms with Crippen molar-refractivity contribution in [3.05, 3.63) is 39.9 Å². The second kappa shape index (κ2) is 105. The predicted molar refractivity (Wildman–Crippen MR) is 579 cm³/mol. The number of ether oxygens (including phenoxy) is 6. The Hall–Kier alpha value is -8.30. The molecule has 43 nitrogen and oxygen atoms in total. The molecule has 0 heterocycles. The van der Waals surface area contributed by atoms with Gasteiger partial charge < -0.3 is 117 Å². The molecule has 144 heavy (non-hydrogen) atoms.